The average molecular weight is 379 g/mol. The van der Waals surface area contributed by atoms with Crippen LogP contribution >= 0.6 is 24.0 Å². The molecule has 0 atom stereocenters. The van der Waals surface area contributed by atoms with E-state index in [0.717, 1.165) is 51.6 Å². The van der Waals surface area contributed by atoms with E-state index in [4.69, 9.17) is 10.5 Å². The first-order valence-electron chi connectivity index (χ1n) is 7.17. The van der Waals surface area contributed by atoms with Crippen molar-refractivity contribution in [3.63, 3.8) is 0 Å². The standard InChI is InChI=1S/C14H25N3O.HI/c15-14(17-9-3-1-2-4-10-17)16-8-5-13-6-11-18-12-7-13;/h6H,1-5,7-12H2,(H2,15,16);1H. The van der Waals surface area contributed by atoms with E-state index in [1.165, 1.54) is 31.3 Å². The number of guanidine groups is 1. The normalized spacial score (nSPS) is 21.4. The van der Waals surface area contributed by atoms with Crippen LogP contribution in [0.1, 0.15) is 38.5 Å². The Hall–Kier alpha value is -0.300. The lowest BCUT2D eigenvalue weighted by atomic mass is 10.1. The summed E-state index contributed by atoms with van der Waals surface area (Å²) in [6.45, 7) is 4.59. The molecular formula is C14H26IN3O. The van der Waals surface area contributed by atoms with Gasteiger partial charge in [-0.2, -0.15) is 0 Å². The second-order valence-electron chi connectivity index (χ2n) is 5.08. The van der Waals surface area contributed by atoms with Crippen LogP contribution in [-0.2, 0) is 4.74 Å². The van der Waals surface area contributed by atoms with E-state index in [9.17, 15) is 0 Å². The lowest BCUT2D eigenvalue weighted by Crippen LogP contribution is -2.38. The number of rotatable bonds is 3. The Morgan fingerprint density at radius 2 is 2.00 bits per heavy atom. The van der Waals surface area contributed by atoms with Crippen molar-refractivity contribution >= 4 is 29.9 Å². The van der Waals surface area contributed by atoms with Gasteiger partial charge in [-0.15, -0.1) is 24.0 Å². The van der Waals surface area contributed by atoms with Crippen LogP contribution in [0.4, 0.5) is 0 Å². The van der Waals surface area contributed by atoms with Crippen molar-refractivity contribution in [1.82, 2.24) is 4.90 Å². The predicted molar refractivity (Wildman–Crippen MR) is 90.1 cm³/mol. The highest BCUT2D eigenvalue weighted by molar-refractivity contribution is 14.0. The Balaban J connectivity index is 0.00000180. The lowest BCUT2D eigenvalue weighted by molar-refractivity contribution is 0.153. The minimum absolute atomic E-state index is 0. The summed E-state index contributed by atoms with van der Waals surface area (Å²) in [6.07, 6.45) is 9.42. The van der Waals surface area contributed by atoms with Crippen LogP contribution < -0.4 is 5.73 Å². The van der Waals surface area contributed by atoms with Crippen LogP contribution in [0, 0.1) is 0 Å². The molecule has 2 rings (SSSR count). The molecule has 1 fully saturated rings. The van der Waals surface area contributed by atoms with E-state index in [2.05, 4.69) is 16.0 Å². The largest absolute Gasteiger partial charge is 0.377 e. The molecule has 0 spiro atoms. The van der Waals surface area contributed by atoms with Gasteiger partial charge < -0.3 is 15.4 Å². The lowest BCUT2D eigenvalue weighted by Gasteiger charge is -2.21. The van der Waals surface area contributed by atoms with E-state index in [1.54, 1.807) is 0 Å². The summed E-state index contributed by atoms with van der Waals surface area (Å²) < 4.78 is 5.29. The first kappa shape index (κ1) is 16.8. The van der Waals surface area contributed by atoms with Crippen molar-refractivity contribution < 1.29 is 4.74 Å². The van der Waals surface area contributed by atoms with Gasteiger partial charge >= 0.3 is 0 Å². The zero-order valence-electron chi connectivity index (χ0n) is 11.6. The zero-order chi connectivity index (χ0) is 12.6. The Morgan fingerprint density at radius 3 is 2.63 bits per heavy atom. The fraction of sp³-hybridized carbons (Fsp3) is 0.786. The molecule has 0 radical (unpaired) electrons. The number of nitrogens with two attached hydrogens (primary N) is 1. The summed E-state index contributed by atoms with van der Waals surface area (Å²) in [6, 6.07) is 0. The van der Waals surface area contributed by atoms with Gasteiger partial charge in [-0.1, -0.05) is 24.5 Å². The van der Waals surface area contributed by atoms with Crippen LogP contribution in [0.5, 0.6) is 0 Å². The summed E-state index contributed by atoms with van der Waals surface area (Å²) in [5.41, 5.74) is 7.53. The maximum Gasteiger partial charge on any atom is 0.191 e. The molecule has 0 bridgehead atoms. The fourth-order valence-electron chi connectivity index (χ4n) is 2.51. The minimum Gasteiger partial charge on any atom is -0.377 e. The molecule has 0 saturated carbocycles. The number of ether oxygens (including phenoxy) is 1. The van der Waals surface area contributed by atoms with Gasteiger partial charge in [0.2, 0.25) is 0 Å². The number of hydrogen-bond donors (Lipinski definition) is 1. The molecule has 2 aliphatic heterocycles. The van der Waals surface area contributed by atoms with Gasteiger partial charge in [-0.3, -0.25) is 4.99 Å². The Labute approximate surface area is 133 Å². The molecule has 110 valence electrons. The van der Waals surface area contributed by atoms with Crippen molar-refractivity contribution in [1.29, 1.82) is 0 Å². The number of likely N-dealkylation sites (tertiary alicyclic amines) is 1. The average Bonchev–Trinajstić information content (AvgIpc) is 2.69. The third-order valence-electron chi connectivity index (χ3n) is 3.69. The SMILES string of the molecule is I.NC(=NCCC1=CCOCC1)N1CCCCCC1. The van der Waals surface area contributed by atoms with E-state index >= 15 is 0 Å². The van der Waals surface area contributed by atoms with Crippen LogP contribution in [0.25, 0.3) is 0 Å². The van der Waals surface area contributed by atoms with Gasteiger partial charge in [0.25, 0.3) is 0 Å². The second kappa shape index (κ2) is 9.58. The van der Waals surface area contributed by atoms with Crippen LogP contribution in [0.2, 0.25) is 0 Å². The van der Waals surface area contributed by atoms with Gasteiger partial charge in [-0.25, -0.2) is 0 Å². The smallest absolute Gasteiger partial charge is 0.191 e. The number of hydrogen-bond acceptors (Lipinski definition) is 2. The Bertz CT molecular complexity index is 310. The predicted octanol–water partition coefficient (Wildman–Crippen LogP) is 2.53. The van der Waals surface area contributed by atoms with Crippen molar-refractivity contribution in [2.75, 3.05) is 32.8 Å². The highest BCUT2D eigenvalue weighted by atomic mass is 127. The molecule has 5 heteroatoms. The first-order valence-corrected chi connectivity index (χ1v) is 7.17. The summed E-state index contributed by atoms with van der Waals surface area (Å²) >= 11 is 0. The molecule has 0 amide bonds. The Kier molecular flexibility index (Phi) is 8.45. The van der Waals surface area contributed by atoms with Crippen LogP contribution in [0.15, 0.2) is 16.6 Å². The van der Waals surface area contributed by atoms with Gasteiger partial charge in [-0.05, 0) is 25.7 Å². The van der Waals surface area contributed by atoms with E-state index in [1.807, 2.05) is 0 Å². The summed E-state index contributed by atoms with van der Waals surface area (Å²) in [5, 5.41) is 0. The molecule has 4 nitrogen and oxygen atoms in total. The van der Waals surface area contributed by atoms with E-state index < -0.39 is 0 Å². The molecule has 0 unspecified atom stereocenters. The van der Waals surface area contributed by atoms with Crippen molar-refractivity contribution in [3.05, 3.63) is 11.6 Å². The summed E-state index contributed by atoms with van der Waals surface area (Å²) in [7, 11) is 0. The molecule has 1 saturated heterocycles. The zero-order valence-corrected chi connectivity index (χ0v) is 14.0. The highest BCUT2D eigenvalue weighted by Crippen LogP contribution is 2.12. The van der Waals surface area contributed by atoms with Crippen molar-refractivity contribution in [2.24, 2.45) is 10.7 Å². The number of aliphatic imine (C=N–C) groups is 1. The number of nitrogens with zero attached hydrogens (tertiary/aromatic N) is 2. The second-order valence-corrected chi connectivity index (χ2v) is 5.08. The monoisotopic (exact) mass is 379 g/mol. The maximum atomic E-state index is 6.07. The molecule has 0 aliphatic carbocycles. The third kappa shape index (κ3) is 6.12. The molecule has 2 N–H and O–H groups in total. The molecule has 0 aromatic heterocycles. The van der Waals surface area contributed by atoms with Crippen LogP contribution in [0.3, 0.4) is 0 Å². The van der Waals surface area contributed by atoms with Crippen molar-refractivity contribution in [2.45, 2.75) is 38.5 Å². The minimum atomic E-state index is 0. The molecule has 0 aromatic rings. The van der Waals surface area contributed by atoms with Gasteiger partial charge in [0, 0.05) is 19.6 Å². The summed E-state index contributed by atoms with van der Waals surface area (Å²) in [5.74, 6) is 0.740. The molecule has 19 heavy (non-hydrogen) atoms. The topological polar surface area (TPSA) is 50.9 Å². The molecule has 2 aliphatic rings. The molecular weight excluding hydrogens is 353 g/mol. The fourth-order valence-corrected chi connectivity index (χ4v) is 2.51. The molecule has 2 heterocycles. The third-order valence-corrected chi connectivity index (χ3v) is 3.69. The maximum absolute atomic E-state index is 6.07. The van der Waals surface area contributed by atoms with Gasteiger partial charge in [0.05, 0.1) is 13.2 Å². The van der Waals surface area contributed by atoms with Gasteiger partial charge in [0.1, 0.15) is 0 Å². The number of halogens is 1. The first-order chi connectivity index (χ1) is 8.86. The van der Waals surface area contributed by atoms with Crippen molar-refractivity contribution in [3.8, 4) is 0 Å². The van der Waals surface area contributed by atoms with Crippen LogP contribution in [-0.4, -0.2) is 43.7 Å². The Morgan fingerprint density at radius 1 is 1.26 bits per heavy atom. The highest BCUT2D eigenvalue weighted by Gasteiger charge is 2.10. The summed E-state index contributed by atoms with van der Waals surface area (Å²) in [4.78, 5) is 6.76. The van der Waals surface area contributed by atoms with E-state index in [-0.39, 0.29) is 24.0 Å². The molecule has 0 aromatic carbocycles. The van der Waals surface area contributed by atoms with Gasteiger partial charge in [0.15, 0.2) is 5.96 Å². The van der Waals surface area contributed by atoms with E-state index in [0.29, 0.717) is 0 Å². The quantitative estimate of drug-likeness (QED) is 0.355.